The lowest BCUT2D eigenvalue weighted by atomic mass is 10.1. The number of rotatable bonds is 7. The molecule has 0 heterocycles. The third kappa shape index (κ3) is 6.23. The lowest BCUT2D eigenvalue weighted by Gasteiger charge is -2.13. The highest BCUT2D eigenvalue weighted by atomic mass is 35.5. The van der Waals surface area contributed by atoms with Crippen molar-refractivity contribution >= 4 is 33.8 Å². The van der Waals surface area contributed by atoms with E-state index in [1.807, 2.05) is 24.3 Å². The number of nitrogens with two attached hydrogens (primary N) is 1. The fourth-order valence-electron chi connectivity index (χ4n) is 2.54. The summed E-state index contributed by atoms with van der Waals surface area (Å²) >= 11 is 0. The van der Waals surface area contributed by atoms with E-state index in [1.54, 1.807) is 0 Å². The summed E-state index contributed by atoms with van der Waals surface area (Å²) in [5, 5.41) is 2.86. The van der Waals surface area contributed by atoms with Crippen LogP contribution in [0.5, 0.6) is 0 Å². The first-order valence-corrected chi connectivity index (χ1v) is 9.13. The van der Waals surface area contributed by atoms with Crippen molar-refractivity contribution in [2.75, 3.05) is 24.3 Å². The molecule has 0 saturated heterocycles. The fourth-order valence-corrected chi connectivity index (χ4v) is 4.04. The first-order valence-electron chi connectivity index (χ1n) is 7.07. The zero-order chi connectivity index (χ0) is 15.5. The van der Waals surface area contributed by atoms with Gasteiger partial charge in [0.25, 0.3) is 0 Å². The Labute approximate surface area is 138 Å². The number of carbonyl (C=O) groups is 1. The molecular formula is C15H23ClN2O3S. The molecule has 1 fully saturated rings. The van der Waals surface area contributed by atoms with Crippen LogP contribution in [-0.2, 0) is 21.1 Å². The number of hydrogen-bond donors (Lipinski definition) is 2. The van der Waals surface area contributed by atoms with Crippen molar-refractivity contribution in [3.05, 3.63) is 29.8 Å². The van der Waals surface area contributed by atoms with Gasteiger partial charge in [0, 0.05) is 24.9 Å². The van der Waals surface area contributed by atoms with Crippen molar-refractivity contribution in [2.45, 2.75) is 25.7 Å². The van der Waals surface area contributed by atoms with Crippen LogP contribution in [0.4, 0.5) is 5.69 Å². The summed E-state index contributed by atoms with van der Waals surface area (Å²) in [6, 6.07) is 7.55. The SMILES string of the molecule is CS(=O)(=O)CC1(CC(=O)NCCc2ccc(N)cc2)CC1.Cl. The molecule has 1 saturated carbocycles. The van der Waals surface area contributed by atoms with E-state index in [-0.39, 0.29) is 29.5 Å². The zero-order valence-electron chi connectivity index (χ0n) is 12.7. The van der Waals surface area contributed by atoms with E-state index in [9.17, 15) is 13.2 Å². The molecule has 0 aliphatic heterocycles. The molecule has 1 aliphatic rings. The lowest BCUT2D eigenvalue weighted by Crippen LogP contribution is -2.30. The van der Waals surface area contributed by atoms with Gasteiger partial charge >= 0.3 is 0 Å². The lowest BCUT2D eigenvalue weighted by molar-refractivity contribution is -0.122. The average molecular weight is 347 g/mol. The van der Waals surface area contributed by atoms with Crippen LogP contribution in [0.2, 0.25) is 0 Å². The first-order chi connectivity index (χ1) is 9.78. The fraction of sp³-hybridized carbons (Fsp3) is 0.533. The Morgan fingerprint density at radius 3 is 2.36 bits per heavy atom. The Morgan fingerprint density at radius 2 is 1.86 bits per heavy atom. The molecule has 0 bridgehead atoms. The normalized spacial score (nSPS) is 15.7. The summed E-state index contributed by atoms with van der Waals surface area (Å²) < 4.78 is 22.7. The summed E-state index contributed by atoms with van der Waals surface area (Å²) in [4.78, 5) is 11.9. The van der Waals surface area contributed by atoms with Crippen molar-refractivity contribution in [3.63, 3.8) is 0 Å². The number of sulfone groups is 1. The van der Waals surface area contributed by atoms with Crippen LogP contribution in [0.3, 0.4) is 0 Å². The molecule has 22 heavy (non-hydrogen) atoms. The quantitative estimate of drug-likeness (QED) is 0.733. The van der Waals surface area contributed by atoms with Gasteiger partial charge in [-0.05, 0) is 42.4 Å². The number of halogens is 1. The molecular weight excluding hydrogens is 324 g/mol. The van der Waals surface area contributed by atoms with Gasteiger partial charge in [0.15, 0.2) is 0 Å². The molecule has 0 atom stereocenters. The van der Waals surface area contributed by atoms with Gasteiger partial charge in [0.2, 0.25) is 5.91 Å². The van der Waals surface area contributed by atoms with Gasteiger partial charge in [0.05, 0.1) is 5.75 Å². The molecule has 2 rings (SSSR count). The monoisotopic (exact) mass is 346 g/mol. The minimum absolute atomic E-state index is 0. The number of anilines is 1. The van der Waals surface area contributed by atoms with Crippen LogP contribution in [0.25, 0.3) is 0 Å². The summed E-state index contributed by atoms with van der Waals surface area (Å²) in [6.45, 7) is 0.553. The standard InChI is InChI=1S/C15H22N2O3S.ClH/c1-21(19,20)11-15(7-8-15)10-14(18)17-9-6-12-2-4-13(16)5-3-12;/h2-5H,6-11,16H2,1H3,(H,17,18);1H. The second kappa shape index (κ2) is 7.33. The predicted octanol–water partition coefficient (Wildman–Crippen LogP) is 1.56. The van der Waals surface area contributed by atoms with Crippen molar-refractivity contribution < 1.29 is 13.2 Å². The smallest absolute Gasteiger partial charge is 0.220 e. The molecule has 3 N–H and O–H groups in total. The Kier molecular flexibility index (Phi) is 6.26. The van der Waals surface area contributed by atoms with Crippen LogP contribution in [0.15, 0.2) is 24.3 Å². The maximum Gasteiger partial charge on any atom is 0.220 e. The average Bonchev–Trinajstić information content (AvgIpc) is 3.08. The highest BCUT2D eigenvalue weighted by molar-refractivity contribution is 7.90. The van der Waals surface area contributed by atoms with E-state index in [0.29, 0.717) is 13.0 Å². The van der Waals surface area contributed by atoms with Crippen molar-refractivity contribution in [3.8, 4) is 0 Å². The van der Waals surface area contributed by atoms with Gasteiger partial charge < -0.3 is 11.1 Å². The van der Waals surface area contributed by atoms with E-state index >= 15 is 0 Å². The minimum Gasteiger partial charge on any atom is -0.399 e. The molecule has 0 aromatic heterocycles. The van der Waals surface area contributed by atoms with Crippen LogP contribution in [0.1, 0.15) is 24.8 Å². The molecule has 124 valence electrons. The topological polar surface area (TPSA) is 89.3 Å². The molecule has 1 aromatic rings. The molecule has 1 amide bonds. The molecule has 5 nitrogen and oxygen atoms in total. The third-order valence-corrected chi connectivity index (χ3v) is 4.91. The highest BCUT2D eigenvalue weighted by Gasteiger charge is 2.46. The predicted molar refractivity (Wildman–Crippen MR) is 90.8 cm³/mol. The maximum atomic E-state index is 11.9. The van der Waals surface area contributed by atoms with Crippen LogP contribution in [0, 0.1) is 5.41 Å². The van der Waals surface area contributed by atoms with E-state index in [2.05, 4.69) is 5.32 Å². The van der Waals surface area contributed by atoms with Gasteiger partial charge in [-0.15, -0.1) is 12.4 Å². The molecule has 1 aliphatic carbocycles. The molecule has 0 unspecified atom stereocenters. The summed E-state index contributed by atoms with van der Waals surface area (Å²) in [7, 11) is -3.02. The Bertz CT molecular complexity index is 610. The van der Waals surface area contributed by atoms with Gasteiger partial charge in [-0.2, -0.15) is 0 Å². The second-order valence-corrected chi connectivity index (χ2v) is 8.23. The molecule has 0 radical (unpaired) electrons. The van der Waals surface area contributed by atoms with Crippen LogP contribution < -0.4 is 11.1 Å². The third-order valence-electron chi connectivity index (χ3n) is 3.78. The van der Waals surface area contributed by atoms with E-state index in [0.717, 1.165) is 30.5 Å². The van der Waals surface area contributed by atoms with Gasteiger partial charge in [-0.3, -0.25) is 4.79 Å². The van der Waals surface area contributed by atoms with Crippen LogP contribution >= 0.6 is 12.4 Å². The number of benzene rings is 1. The number of nitrogen functional groups attached to an aromatic ring is 1. The van der Waals surface area contributed by atoms with Crippen molar-refractivity contribution in [2.24, 2.45) is 5.41 Å². The first kappa shape index (κ1) is 18.8. The summed E-state index contributed by atoms with van der Waals surface area (Å²) in [5.74, 6) is 0.0531. The number of carbonyl (C=O) groups excluding carboxylic acids is 1. The van der Waals surface area contributed by atoms with Crippen molar-refractivity contribution in [1.82, 2.24) is 5.32 Å². The molecule has 1 aromatic carbocycles. The van der Waals surface area contributed by atoms with Gasteiger partial charge in [-0.25, -0.2) is 8.42 Å². The van der Waals surface area contributed by atoms with E-state index in [1.165, 1.54) is 6.26 Å². The zero-order valence-corrected chi connectivity index (χ0v) is 14.3. The second-order valence-electron chi connectivity index (χ2n) is 6.09. The molecule has 7 heteroatoms. The highest BCUT2D eigenvalue weighted by Crippen LogP contribution is 2.49. The van der Waals surface area contributed by atoms with Gasteiger partial charge in [-0.1, -0.05) is 12.1 Å². The van der Waals surface area contributed by atoms with Crippen molar-refractivity contribution in [1.29, 1.82) is 0 Å². The Morgan fingerprint density at radius 1 is 1.27 bits per heavy atom. The number of hydrogen-bond acceptors (Lipinski definition) is 4. The summed E-state index contributed by atoms with van der Waals surface area (Å²) in [5.41, 5.74) is 7.14. The van der Waals surface area contributed by atoms with Crippen LogP contribution in [-0.4, -0.2) is 32.9 Å². The Balaban J connectivity index is 0.00000242. The largest absolute Gasteiger partial charge is 0.399 e. The maximum absolute atomic E-state index is 11.9. The number of nitrogens with one attached hydrogen (secondary N) is 1. The summed E-state index contributed by atoms with van der Waals surface area (Å²) in [6.07, 6.45) is 3.93. The van der Waals surface area contributed by atoms with E-state index < -0.39 is 9.84 Å². The minimum atomic E-state index is -3.02. The number of amides is 1. The Hall–Kier alpha value is -1.27. The molecule has 0 spiro atoms. The van der Waals surface area contributed by atoms with Gasteiger partial charge in [0.1, 0.15) is 9.84 Å². The van der Waals surface area contributed by atoms with E-state index in [4.69, 9.17) is 5.73 Å².